The number of sulfonamides is 1. The van der Waals surface area contributed by atoms with E-state index in [1.807, 2.05) is 13.2 Å². The van der Waals surface area contributed by atoms with Crippen molar-refractivity contribution >= 4 is 32.7 Å². The molecule has 3 aromatic heterocycles. The van der Waals surface area contributed by atoms with Crippen LogP contribution in [0.3, 0.4) is 0 Å². The zero-order valence-corrected chi connectivity index (χ0v) is 14.2. The SMILES string of the molecule is Cn1cc(Nc2ncc3cnn(CCCNS(C)(=O)=O)c3n2)cn1. The molecular weight excluding hydrogens is 332 g/mol. The van der Waals surface area contributed by atoms with Gasteiger partial charge < -0.3 is 5.32 Å². The molecule has 24 heavy (non-hydrogen) atoms. The molecule has 11 heteroatoms. The van der Waals surface area contributed by atoms with E-state index in [0.29, 0.717) is 31.1 Å². The lowest BCUT2D eigenvalue weighted by Crippen LogP contribution is -2.24. The van der Waals surface area contributed by atoms with Crippen molar-refractivity contribution in [3.8, 4) is 0 Å². The van der Waals surface area contributed by atoms with Crippen molar-refractivity contribution in [1.82, 2.24) is 34.3 Å². The second-order valence-corrected chi connectivity index (χ2v) is 7.22. The summed E-state index contributed by atoms with van der Waals surface area (Å²) < 4.78 is 28.0. The Balaban J connectivity index is 1.71. The highest BCUT2D eigenvalue weighted by Crippen LogP contribution is 2.16. The van der Waals surface area contributed by atoms with E-state index < -0.39 is 10.0 Å². The van der Waals surface area contributed by atoms with Crippen molar-refractivity contribution in [3.63, 3.8) is 0 Å². The average molecular weight is 350 g/mol. The number of aryl methyl sites for hydroxylation is 2. The van der Waals surface area contributed by atoms with Crippen molar-refractivity contribution < 1.29 is 8.42 Å². The predicted octanol–water partition coefficient (Wildman–Crippen LogP) is 0.243. The minimum atomic E-state index is -3.17. The summed E-state index contributed by atoms with van der Waals surface area (Å²) >= 11 is 0. The zero-order chi connectivity index (χ0) is 17.2. The molecule has 0 spiro atoms. The normalized spacial score (nSPS) is 11.9. The van der Waals surface area contributed by atoms with Crippen molar-refractivity contribution in [2.24, 2.45) is 7.05 Å². The number of hydrogen-bond donors (Lipinski definition) is 2. The molecule has 0 aliphatic rings. The number of aromatic nitrogens is 6. The summed E-state index contributed by atoms with van der Waals surface area (Å²) in [6.07, 6.45) is 8.63. The van der Waals surface area contributed by atoms with Gasteiger partial charge in [0.1, 0.15) is 0 Å². The molecule has 0 amide bonds. The molecule has 3 heterocycles. The Hall–Kier alpha value is -2.53. The fourth-order valence-corrected chi connectivity index (χ4v) is 2.71. The molecule has 0 fully saturated rings. The van der Waals surface area contributed by atoms with Crippen molar-refractivity contribution in [2.75, 3.05) is 18.1 Å². The molecule has 0 radical (unpaired) electrons. The highest BCUT2D eigenvalue weighted by atomic mass is 32.2. The maximum absolute atomic E-state index is 11.1. The van der Waals surface area contributed by atoms with Gasteiger partial charge in [0.2, 0.25) is 16.0 Å². The van der Waals surface area contributed by atoms with Gasteiger partial charge in [-0.15, -0.1) is 0 Å². The molecule has 3 rings (SSSR count). The first kappa shape index (κ1) is 16.3. The minimum Gasteiger partial charge on any atom is -0.321 e. The first-order chi connectivity index (χ1) is 11.4. The van der Waals surface area contributed by atoms with Crippen LogP contribution >= 0.6 is 0 Å². The maximum atomic E-state index is 11.1. The Bertz CT molecular complexity index is 946. The molecule has 0 saturated heterocycles. The lowest BCUT2D eigenvalue weighted by Gasteiger charge is -2.05. The third-order valence-corrected chi connectivity index (χ3v) is 3.98. The van der Waals surface area contributed by atoms with Crippen LogP contribution in [0, 0.1) is 0 Å². The van der Waals surface area contributed by atoms with Crippen molar-refractivity contribution in [2.45, 2.75) is 13.0 Å². The zero-order valence-electron chi connectivity index (χ0n) is 13.3. The third-order valence-electron chi connectivity index (χ3n) is 3.25. The summed E-state index contributed by atoms with van der Waals surface area (Å²) in [5.41, 5.74) is 1.48. The summed E-state index contributed by atoms with van der Waals surface area (Å²) in [6, 6.07) is 0. The first-order valence-electron chi connectivity index (χ1n) is 7.29. The van der Waals surface area contributed by atoms with E-state index in [1.165, 1.54) is 0 Å². The quantitative estimate of drug-likeness (QED) is 0.586. The monoisotopic (exact) mass is 350 g/mol. The summed E-state index contributed by atoms with van der Waals surface area (Å²) in [7, 11) is -1.34. The van der Waals surface area contributed by atoms with Crippen LogP contribution in [0.4, 0.5) is 11.6 Å². The fourth-order valence-electron chi connectivity index (χ4n) is 2.19. The molecule has 0 aliphatic heterocycles. The van der Waals surface area contributed by atoms with Gasteiger partial charge >= 0.3 is 0 Å². The van der Waals surface area contributed by atoms with Gasteiger partial charge in [0.25, 0.3) is 0 Å². The molecule has 0 atom stereocenters. The Morgan fingerprint density at radius 2 is 2.04 bits per heavy atom. The van der Waals surface area contributed by atoms with E-state index in [1.54, 1.807) is 28.0 Å². The Morgan fingerprint density at radius 1 is 1.21 bits per heavy atom. The van der Waals surface area contributed by atoms with Gasteiger partial charge in [-0.05, 0) is 6.42 Å². The Kier molecular flexibility index (Phi) is 4.44. The number of hydrogen-bond acceptors (Lipinski definition) is 7. The summed E-state index contributed by atoms with van der Waals surface area (Å²) in [4.78, 5) is 8.72. The summed E-state index contributed by atoms with van der Waals surface area (Å²) in [6.45, 7) is 0.904. The third kappa shape index (κ3) is 4.06. The van der Waals surface area contributed by atoms with Gasteiger partial charge in [-0.2, -0.15) is 15.2 Å². The van der Waals surface area contributed by atoms with Crippen LogP contribution in [0.5, 0.6) is 0 Å². The number of fused-ring (bicyclic) bond motifs is 1. The highest BCUT2D eigenvalue weighted by molar-refractivity contribution is 7.88. The molecule has 3 aromatic rings. The average Bonchev–Trinajstić information content (AvgIpc) is 3.09. The molecule has 0 unspecified atom stereocenters. The molecule has 0 bridgehead atoms. The smallest absolute Gasteiger partial charge is 0.229 e. The fraction of sp³-hybridized carbons (Fsp3) is 0.385. The van der Waals surface area contributed by atoms with Crippen LogP contribution in [0.25, 0.3) is 11.0 Å². The molecule has 128 valence electrons. The van der Waals surface area contributed by atoms with E-state index in [-0.39, 0.29) is 0 Å². The van der Waals surface area contributed by atoms with E-state index in [4.69, 9.17) is 0 Å². The second kappa shape index (κ2) is 6.53. The largest absolute Gasteiger partial charge is 0.321 e. The maximum Gasteiger partial charge on any atom is 0.229 e. The van der Waals surface area contributed by atoms with Gasteiger partial charge in [-0.1, -0.05) is 0 Å². The van der Waals surface area contributed by atoms with Gasteiger partial charge in [-0.3, -0.25) is 4.68 Å². The van der Waals surface area contributed by atoms with E-state index in [0.717, 1.165) is 17.3 Å². The van der Waals surface area contributed by atoms with Crippen LogP contribution in [-0.2, 0) is 23.6 Å². The van der Waals surface area contributed by atoms with Crippen LogP contribution in [0.2, 0.25) is 0 Å². The lowest BCUT2D eigenvalue weighted by molar-refractivity contribution is 0.562. The lowest BCUT2D eigenvalue weighted by atomic mass is 10.4. The minimum absolute atomic E-state index is 0.353. The first-order valence-corrected chi connectivity index (χ1v) is 9.19. The summed E-state index contributed by atoms with van der Waals surface area (Å²) in [5.74, 6) is 0.450. The molecule has 0 aromatic carbocycles. The van der Waals surface area contributed by atoms with Crippen LogP contribution in [0.15, 0.2) is 24.8 Å². The van der Waals surface area contributed by atoms with Gasteiger partial charge in [-0.25, -0.2) is 22.8 Å². The van der Waals surface area contributed by atoms with Gasteiger partial charge in [0.15, 0.2) is 5.65 Å². The van der Waals surface area contributed by atoms with Crippen LogP contribution in [-0.4, -0.2) is 50.7 Å². The topological polar surface area (TPSA) is 120 Å². The summed E-state index contributed by atoms with van der Waals surface area (Å²) in [5, 5.41) is 12.3. The molecule has 10 nitrogen and oxygen atoms in total. The van der Waals surface area contributed by atoms with E-state index >= 15 is 0 Å². The highest BCUT2D eigenvalue weighted by Gasteiger charge is 2.08. The second-order valence-electron chi connectivity index (χ2n) is 5.39. The molecule has 0 saturated carbocycles. The van der Waals surface area contributed by atoms with Gasteiger partial charge in [0.05, 0.1) is 29.7 Å². The standard InChI is InChI=1S/C13H18N8O2S/c1-20-9-11(8-15-20)18-13-14-6-10-7-16-21(12(10)19-13)5-3-4-17-24(2,22)23/h6-9,17H,3-5H2,1-2H3,(H,14,18,19). The van der Waals surface area contributed by atoms with Crippen molar-refractivity contribution in [3.05, 3.63) is 24.8 Å². The van der Waals surface area contributed by atoms with E-state index in [2.05, 4.69) is 30.2 Å². The van der Waals surface area contributed by atoms with Crippen LogP contribution < -0.4 is 10.0 Å². The Morgan fingerprint density at radius 3 is 2.75 bits per heavy atom. The van der Waals surface area contributed by atoms with Gasteiger partial charge in [0, 0.05) is 32.5 Å². The Labute approximate surface area is 139 Å². The number of anilines is 2. The molecular formula is C13H18N8O2S. The van der Waals surface area contributed by atoms with Crippen LogP contribution in [0.1, 0.15) is 6.42 Å². The predicted molar refractivity (Wildman–Crippen MR) is 89.3 cm³/mol. The van der Waals surface area contributed by atoms with E-state index in [9.17, 15) is 8.42 Å². The van der Waals surface area contributed by atoms with Crippen molar-refractivity contribution in [1.29, 1.82) is 0 Å². The molecule has 0 aliphatic carbocycles. The number of nitrogens with one attached hydrogen (secondary N) is 2. The number of nitrogens with zero attached hydrogens (tertiary/aromatic N) is 6. The molecule has 2 N–H and O–H groups in total. The number of rotatable bonds is 7.